The van der Waals surface area contributed by atoms with Gasteiger partial charge in [0.15, 0.2) is 11.5 Å². The molecule has 0 fully saturated rings. The van der Waals surface area contributed by atoms with Crippen molar-refractivity contribution in [3.8, 4) is 34.5 Å². The van der Waals surface area contributed by atoms with Crippen LogP contribution in [0.1, 0.15) is 12.5 Å². The lowest BCUT2D eigenvalue weighted by Crippen LogP contribution is -2.18. The molecule has 4 rings (SSSR count). The van der Waals surface area contributed by atoms with E-state index in [9.17, 15) is 4.79 Å². The van der Waals surface area contributed by atoms with Gasteiger partial charge < -0.3 is 23.9 Å². The Hall–Kier alpha value is -4.07. The van der Waals surface area contributed by atoms with Gasteiger partial charge in [0.05, 0.1) is 14.2 Å². The zero-order valence-electron chi connectivity index (χ0n) is 18.2. The van der Waals surface area contributed by atoms with Crippen molar-refractivity contribution in [2.24, 2.45) is 0 Å². The Balaban J connectivity index is 1.50. The third-order valence-corrected chi connectivity index (χ3v) is 5.08. The predicted molar refractivity (Wildman–Crippen MR) is 121 cm³/mol. The van der Waals surface area contributed by atoms with Gasteiger partial charge in [-0.1, -0.05) is 24.2 Å². The van der Waals surface area contributed by atoms with E-state index in [0.29, 0.717) is 28.9 Å². The topological polar surface area (TPSA) is 91.4 Å². The van der Waals surface area contributed by atoms with Crippen molar-refractivity contribution in [1.29, 1.82) is 0 Å². The van der Waals surface area contributed by atoms with Crippen molar-refractivity contribution in [3.63, 3.8) is 0 Å². The Morgan fingerprint density at radius 1 is 1.06 bits per heavy atom. The van der Waals surface area contributed by atoms with Crippen LogP contribution in [-0.4, -0.2) is 34.8 Å². The summed E-state index contributed by atoms with van der Waals surface area (Å²) >= 11 is 0. The number of ether oxygens (including phenoxy) is 2. The first kappa shape index (κ1) is 21.2. The Bertz CT molecular complexity index is 1210. The summed E-state index contributed by atoms with van der Waals surface area (Å²) in [6.07, 6.45) is 2.76. The fraction of sp³-hybridized carbons (Fsp3) is 0.208. The highest BCUT2D eigenvalue weighted by Gasteiger charge is 2.17. The summed E-state index contributed by atoms with van der Waals surface area (Å²) in [5.41, 5.74) is 3.36. The molecule has 4 aromatic rings. The summed E-state index contributed by atoms with van der Waals surface area (Å²) in [4.78, 5) is 17.0. The Morgan fingerprint density at radius 2 is 1.84 bits per heavy atom. The van der Waals surface area contributed by atoms with Gasteiger partial charge in [-0.15, -0.1) is 0 Å². The minimum atomic E-state index is -0.147. The fourth-order valence-corrected chi connectivity index (χ4v) is 3.35. The number of amides is 1. The number of rotatable bonds is 8. The molecule has 2 heterocycles. The van der Waals surface area contributed by atoms with Crippen LogP contribution in [0.3, 0.4) is 0 Å². The quantitative estimate of drug-likeness (QED) is 0.443. The van der Waals surface area contributed by atoms with E-state index in [0.717, 1.165) is 17.7 Å². The van der Waals surface area contributed by atoms with E-state index in [1.807, 2.05) is 42.5 Å². The first-order valence-electron chi connectivity index (χ1n) is 10.2. The molecule has 1 amide bonds. The van der Waals surface area contributed by atoms with Gasteiger partial charge in [-0.05, 0) is 54.4 Å². The second-order valence-electron chi connectivity index (χ2n) is 7.11. The van der Waals surface area contributed by atoms with Crippen LogP contribution in [0.25, 0.3) is 23.0 Å². The zero-order valence-corrected chi connectivity index (χ0v) is 18.2. The molecular weight excluding hydrogens is 408 g/mol. The van der Waals surface area contributed by atoms with Crippen LogP contribution in [0.5, 0.6) is 11.5 Å². The number of carbonyl (C=O) groups excluding carboxylic acids is 1. The van der Waals surface area contributed by atoms with E-state index in [1.54, 1.807) is 37.1 Å². The molecule has 1 N–H and O–H groups in total. The van der Waals surface area contributed by atoms with Crippen molar-refractivity contribution < 1.29 is 18.8 Å². The number of nitrogens with zero attached hydrogens (tertiary/aromatic N) is 3. The smallest absolute Gasteiger partial charge is 0.274 e. The van der Waals surface area contributed by atoms with E-state index in [4.69, 9.17) is 14.0 Å². The molecule has 0 saturated heterocycles. The van der Waals surface area contributed by atoms with Crippen molar-refractivity contribution >= 4 is 11.6 Å². The molecule has 0 aliphatic rings. The largest absolute Gasteiger partial charge is 0.493 e. The van der Waals surface area contributed by atoms with Crippen LogP contribution in [0.2, 0.25) is 0 Å². The van der Waals surface area contributed by atoms with Crippen LogP contribution in [0.4, 0.5) is 5.69 Å². The molecule has 0 spiro atoms. The highest BCUT2D eigenvalue weighted by molar-refractivity contribution is 5.90. The summed E-state index contributed by atoms with van der Waals surface area (Å²) in [7, 11) is 3.15. The molecule has 8 nitrogen and oxygen atoms in total. The molecule has 0 aliphatic carbocycles. The number of hydrogen-bond donors (Lipinski definition) is 1. The van der Waals surface area contributed by atoms with Gasteiger partial charge in [-0.25, -0.2) is 0 Å². The lowest BCUT2D eigenvalue weighted by atomic mass is 10.1. The Kier molecular flexibility index (Phi) is 6.21. The van der Waals surface area contributed by atoms with E-state index < -0.39 is 0 Å². The van der Waals surface area contributed by atoms with Gasteiger partial charge in [0, 0.05) is 17.4 Å². The van der Waals surface area contributed by atoms with E-state index >= 15 is 0 Å². The van der Waals surface area contributed by atoms with Crippen molar-refractivity contribution in [2.75, 3.05) is 19.5 Å². The molecule has 0 radical (unpaired) electrons. The highest BCUT2D eigenvalue weighted by Crippen LogP contribution is 2.32. The average molecular weight is 432 g/mol. The van der Waals surface area contributed by atoms with Crippen LogP contribution >= 0.6 is 0 Å². The van der Waals surface area contributed by atoms with Crippen LogP contribution in [-0.2, 0) is 17.8 Å². The number of aryl methyl sites for hydroxylation is 1. The maximum atomic E-state index is 12.6. The molecule has 164 valence electrons. The number of aromatic nitrogens is 3. The molecule has 2 aromatic carbocycles. The minimum Gasteiger partial charge on any atom is -0.493 e. The van der Waals surface area contributed by atoms with Crippen LogP contribution in [0, 0.1) is 0 Å². The van der Waals surface area contributed by atoms with Gasteiger partial charge in [-0.3, -0.25) is 4.79 Å². The number of nitrogens with one attached hydrogen (secondary N) is 1. The summed E-state index contributed by atoms with van der Waals surface area (Å²) in [6.45, 7) is 2.21. The first-order valence-corrected chi connectivity index (χ1v) is 10.2. The number of methoxy groups -OCH3 is 2. The lowest BCUT2D eigenvalue weighted by molar-refractivity contribution is -0.116. The monoisotopic (exact) mass is 432 g/mol. The van der Waals surface area contributed by atoms with Gasteiger partial charge in [0.1, 0.15) is 12.2 Å². The standard InChI is InChI=1S/C24H24N4O4/c1-4-16-7-10-18(11-8-16)25-22(29)15-28-13-5-6-19(28)24-26-23(27-32-24)17-9-12-20(30-2)21(14-17)31-3/h5-14H,4,15H2,1-3H3,(H,25,29). The van der Waals surface area contributed by atoms with E-state index in [2.05, 4.69) is 22.4 Å². The average Bonchev–Trinajstić information content (AvgIpc) is 3.48. The van der Waals surface area contributed by atoms with E-state index in [1.165, 1.54) is 5.56 Å². The van der Waals surface area contributed by atoms with Crippen molar-refractivity contribution in [1.82, 2.24) is 14.7 Å². The normalized spacial score (nSPS) is 10.7. The second-order valence-corrected chi connectivity index (χ2v) is 7.11. The van der Waals surface area contributed by atoms with Gasteiger partial charge in [-0.2, -0.15) is 4.98 Å². The molecule has 8 heteroatoms. The first-order chi connectivity index (χ1) is 15.6. The number of benzene rings is 2. The third-order valence-electron chi connectivity index (χ3n) is 5.08. The maximum absolute atomic E-state index is 12.6. The van der Waals surface area contributed by atoms with Gasteiger partial charge in [0.2, 0.25) is 11.7 Å². The molecule has 2 aromatic heterocycles. The molecule has 0 saturated carbocycles. The molecule has 0 unspecified atom stereocenters. The fourth-order valence-electron chi connectivity index (χ4n) is 3.35. The summed E-state index contributed by atoms with van der Waals surface area (Å²) in [5.74, 6) is 1.77. The number of hydrogen-bond acceptors (Lipinski definition) is 6. The Labute approximate surface area is 185 Å². The summed E-state index contributed by atoms with van der Waals surface area (Å²) < 4.78 is 17.8. The zero-order chi connectivity index (χ0) is 22.5. The van der Waals surface area contributed by atoms with Crippen molar-refractivity contribution in [2.45, 2.75) is 19.9 Å². The van der Waals surface area contributed by atoms with Gasteiger partial charge in [0.25, 0.3) is 5.89 Å². The third kappa shape index (κ3) is 4.49. The van der Waals surface area contributed by atoms with Crippen LogP contribution in [0.15, 0.2) is 65.3 Å². The van der Waals surface area contributed by atoms with Crippen LogP contribution < -0.4 is 14.8 Å². The number of anilines is 1. The maximum Gasteiger partial charge on any atom is 0.274 e. The molecule has 0 aliphatic heterocycles. The van der Waals surface area contributed by atoms with Crippen molar-refractivity contribution in [3.05, 3.63) is 66.4 Å². The van der Waals surface area contributed by atoms with E-state index in [-0.39, 0.29) is 12.5 Å². The summed E-state index contributed by atoms with van der Waals surface area (Å²) in [5, 5.41) is 6.99. The molecule has 0 atom stereocenters. The Morgan fingerprint density at radius 3 is 2.56 bits per heavy atom. The SMILES string of the molecule is CCc1ccc(NC(=O)Cn2cccc2-c2nc(-c3ccc(OC)c(OC)c3)no2)cc1. The predicted octanol–water partition coefficient (Wildman–Crippen LogP) is 4.42. The van der Waals surface area contributed by atoms with Gasteiger partial charge >= 0.3 is 0 Å². The second kappa shape index (κ2) is 9.38. The molecule has 32 heavy (non-hydrogen) atoms. The lowest BCUT2D eigenvalue weighted by Gasteiger charge is -2.08. The number of carbonyl (C=O) groups is 1. The minimum absolute atomic E-state index is 0.117. The molecular formula is C24H24N4O4. The highest BCUT2D eigenvalue weighted by atomic mass is 16.5. The summed E-state index contributed by atoms with van der Waals surface area (Å²) in [6, 6.07) is 16.9. The molecule has 0 bridgehead atoms.